The van der Waals surface area contributed by atoms with Gasteiger partial charge in [-0.15, -0.1) is 0 Å². The highest BCUT2D eigenvalue weighted by Gasteiger charge is 2.16. The van der Waals surface area contributed by atoms with Crippen LogP contribution in [0.1, 0.15) is 23.0 Å². The number of amides is 1. The molecule has 1 N–H and O–H groups in total. The molecule has 5 heteroatoms. The lowest BCUT2D eigenvalue weighted by molar-refractivity contribution is 0.0357. The number of nitrogens with one attached hydrogen (secondary N) is 1. The fourth-order valence-corrected chi connectivity index (χ4v) is 2.56. The van der Waals surface area contributed by atoms with Gasteiger partial charge in [0.25, 0.3) is 5.91 Å². The molecular weight excluding hydrogens is 295 g/mol. The average Bonchev–Trinajstić information content (AvgIpc) is 2.93. The number of hydrogen-bond donors (Lipinski definition) is 1. The second-order valence-electron chi connectivity index (χ2n) is 5.13. The molecule has 118 valence electrons. The number of rotatable bonds is 5. The predicted molar refractivity (Wildman–Crippen MR) is 86.5 cm³/mol. The molecule has 2 aromatic carbocycles. The van der Waals surface area contributed by atoms with Gasteiger partial charge in [-0.05, 0) is 25.1 Å². The Hall–Kier alpha value is -2.66. The zero-order valence-electron chi connectivity index (χ0n) is 12.8. The first kappa shape index (κ1) is 15.2. The summed E-state index contributed by atoms with van der Waals surface area (Å²) in [6.45, 7) is 2.43. The first-order valence-corrected chi connectivity index (χ1v) is 7.44. The van der Waals surface area contributed by atoms with Crippen LogP contribution in [0.2, 0.25) is 0 Å². The number of benzene rings is 2. The van der Waals surface area contributed by atoms with E-state index < -0.39 is 0 Å². The van der Waals surface area contributed by atoms with Crippen LogP contribution in [-0.2, 0) is 11.4 Å². The van der Waals surface area contributed by atoms with Crippen LogP contribution in [0.4, 0.5) is 4.39 Å². The highest BCUT2D eigenvalue weighted by molar-refractivity contribution is 5.98. The summed E-state index contributed by atoms with van der Waals surface area (Å²) in [7, 11) is 0. The number of halogens is 1. The Bertz CT molecular complexity index is 842. The van der Waals surface area contributed by atoms with Gasteiger partial charge in [-0.25, -0.2) is 9.87 Å². The maximum absolute atomic E-state index is 14.0. The van der Waals surface area contributed by atoms with Crippen LogP contribution in [0.3, 0.4) is 0 Å². The van der Waals surface area contributed by atoms with Gasteiger partial charge in [0, 0.05) is 16.5 Å². The van der Waals surface area contributed by atoms with Crippen molar-refractivity contribution in [3.05, 3.63) is 71.7 Å². The number of carbonyl (C=O) groups excluding carboxylic acids is 1. The molecule has 0 aliphatic heterocycles. The van der Waals surface area contributed by atoms with Crippen molar-refractivity contribution in [3.63, 3.8) is 0 Å². The van der Waals surface area contributed by atoms with Gasteiger partial charge in [-0.1, -0.05) is 36.4 Å². The van der Waals surface area contributed by atoms with Gasteiger partial charge in [-0.3, -0.25) is 9.63 Å². The summed E-state index contributed by atoms with van der Waals surface area (Å²) in [6.07, 6.45) is 0. The molecule has 23 heavy (non-hydrogen) atoms. The van der Waals surface area contributed by atoms with Gasteiger partial charge in [0.15, 0.2) is 0 Å². The SMILES string of the molecule is CCONC(=O)c1cc2ccccc2n1Cc1ccccc1F. The molecule has 0 unspecified atom stereocenters. The molecule has 3 rings (SSSR count). The normalized spacial score (nSPS) is 10.9. The summed E-state index contributed by atoms with van der Waals surface area (Å²) < 4.78 is 15.8. The fraction of sp³-hybridized carbons (Fsp3) is 0.167. The van der Waals surface area contributed by atoms with Crippen molar-refractivity contribution in [1.82, 2.24) is 10.0 Å². The van der Waals surface area contributed by atoms with Crippen LogP contribution in [0.25, 0.3) is 10.9 Å². The summed E-state index contributed by atoms with van der Waals surface area (Å²) >= 11 is 0. The van der Waals surface area contributed by atoms with Gasteiger partial charge in [0.05, 0.1) is 13.2 Å². The molecule has 0 bridgehead atoms. The molecule has 0 spiro atoms. The van der Waals surface area contributed by atoms with E-state index in [2.05, 4.69) is 5.48 Å². The van der Waals surface area contributed by atoms with E-state index in [1.54, 1.807) is 35.8 Å². The Morgan fingerprint density at radius 3 is 2.70 bits per heavy atom. The lowest BCUT2D eigenvalue weighted by Crippen LogP contribution is -2.26. The minimum atomic E-state index is -0.348. The number of nitrogens with zero attached hydrogens (tertiary/aromatic N) is 1. The predicted octanol–water partition coefficient (Wildman–Crippen LogP) is 3.51. The Morgan fingerprint density at radius 1 is 1.17 bits per heavy atom. The molecule has 0 aliphatic carbocycles. The Labute approximate surface area is 133 Å². The average molecular weight is 312 g/mol. The highest BCUT2D eigenvalue weighted by Crippen LogP contribution is 2.22. The van der Waals surface area contributed by atoms with E-state index in [1.807, 2.05) is 24.3 Å². The lowest BCUT2D eigenvalue weighted by Gasteiger charge is -2.11. The molecular formula is C18H17FN2O2. The molecule has 1 amide bonds. The minimum Gasteiger partial charge on any atom is -0.332 e. The van der Waals surface area contributed by atoms with Gasteiger partial charge in [0.1, 0.15) is 11.5 Å². The maximum atomic E-state index is 14.0. The van der Waals surface area contributed by atoms with Crippen molar-refractivity contribution in [2.75, 3.05) is 6.61 Å². The molecule has 1 aromatic heterocycles. The molecule has 3 aromatic rings. The number of carbonyl (C=O) groups is 1. The molecule has 0 aliphatic rings. The number of fused-ring (bicyclic) bond motifs is 1. The van der Waals surface area contributed by atoms with Crippen molar-refractivity contribution < 1.29 is 14.0 Å². The van der Waals surface area contributed by atoms with Gasteiger partial charge in [0.2, 0.25) is 0 Å². The molecule has 4 nitrogen and oxygen atoms in total. The first-order valence-electron chi connectivity index (χ1n) is 7.44. The van der Waals surface area contributed by atoms with E-state index in [9.17, 15) is 9.18 Å². The monoisotopic (exact) mass is 312 g/mol. The smallest absolute Gasteiger partial charge is 0.291 e. The van der Waals surface area contributed by atoms with Crippen LogP contribution < -0.4 is 5.48 Å². The second-order valence-corrected chi connectivity index (χ2v) is 5.13. The quantitative estimate of drug-likeness (QED) is 0.733. The van der Waals surface area contributed by atoms with Crippen molar-refractivity contribution in [2.45, 2.75) is 13.5 Å². The molecule has 0 fully saturated rings. The summed E-state index contributed by atoms with van der Waals surface area (Å²) in [5, 5.41) is 0.922. The van der Waals surface area contributed by atoms with E-state index in [-0.39, 0.29) is 18.3 Å². The Morgan fingerprint density at radius 2 is 1.91 bits per heavy atom. The van der Waals surface area contributed by atoms with Crippen LogP contribution in [0.15, 0.2) is 54.6 Å². The van der Waals surface area contributed by atoms with E-state index >= 15 is 0 Å². The topological polar surface area (TPSA) is 43.3 Å². The maximum Gasteiger partial charge on any atom is 0.291 e. The van der Waals surface area contributed by atoms with E-state index in [0.29, 0.717) is 17.9 Å². The van der Waals surface area contributed by atoms with Gasteiger partial charge >= 0.3 is 0 Å². The second kappa shape index (κ2) is 6.62. The number of hydrogen-bond acceptors (Lipinski definition) is 2. The van der Waals surface area contributed by atoms with Gasteiger partial charge < -0.3 is 4.57 Å². The van der Waals surface area contributed by atoms with E-state index in [0.717, 1.165) is 10.9 Å². The van der Waals surface area contributed by atoms with Crippen molar-refractivity contribution in [1.29, 1.82) is 0 Å². The fourth-order valence-electron chi connectivity index (χ4n) is 2.56. The Balaban J connectivity index is 2.06. The van der Waals surface area contributed by atoms with Crippen LogP contribution >= 0.6 is 0 Å². The minimum absolute atomic E-state index is 0.273. The summed E-state index contributed by atoms with van der Waals surface area (Å²) in [5.74, 6) is -0.638. The van der Waals surface area contributed by atoms with E-state index in [1.165, 1.54) is 6.07 Å². The zero-order chi connectivity index (χ0) is 16.2. The van der Waals surface area contributed by atoms with Crippen molar-refractivity contribution in [2.24, 2.45) is 0 Å². The number of hydroxylamine groups is 1. The molecule has 0 saturated carbocycles. The summed E-state index contributed by atoms with van der Waals surface area (Å²) in [4.78, 5) is 17.3. The molecule has 0 atom stereocenters. The summed E-state index contributed by atoms with van der Waals surface area (Å²) in [5.41, 5.74) is 4.23. The molecule has 0 radical (unpaired) electrons. The molecule has 0 saturated heterocycles. The van der Waals surface area contributed by atoms with Gasteiger partial charge in [-0.2, -0.15) is 0 Å². The Kier molecular flexibility index (Phi) is 4.39. The third-order valence-electron chi connectivity index (χ3n) is 3.64. The zero-order valence-corrected chi connectivity index (χ0v) is 12.8. The van der Waals surface area contributed by atoms with E-state index in [4.69, 9.17) is 4.84 Å². The molecule has 1 heterocycles. The van der Waals surface area contributed by atoms with Crippen LogP contribution in [0.5, 0.6) is 0 Å². The van der Waals surface area contributed by atoms with Crippen molar-refractivity contribution >= 4 is 16.8 Å². The largest absolute Gasteiger partial charge is 0.332 e. The highest BCUT2D eigenvalue weighted by atomic mass is 19.1. The van der Waals surface area contributed by atoms with Crippen LogP contribution in [-0.4, -0.2) is 17.1 Å². The number of aromatic nitrogens is 1. The van der Waals surface area contributed by atoms with Crippen molar-refractivity contribution in [3.8, 4) is 0 Å². The summed E-state index contributed by atoms with van der Waals surface area (Å²) in [6, 6.07) is 16.0. The standard InChI is InChI=1S/C18H17FN2O2/c1-2-23-20-18(22)17-11-13-7-4-6-10-16(13)21(17)12-14-8-3-5-9-15(14)19/h3-11H,2,12H2,1H3,(H,20,22). The number of para-hydroxylation sites is 1. The van der Waals surface area contributed by atoms with Crippen LogP contribution in [0, 0.1) is 5.82 Å². The first-order chi connectivity index (χ1) is 11.2. The third-order valence-corrected chi connectivity index (χ3v) is 3.64. The third kappa shape index (κ3) is 3.10. The lowest BCUT2D eigenvalue weighted by atomic mass is 10.2.